The first-order chi connectivity index (χ1) is 15.0. The number of aromatic nitrogens is 1. The van der Waals surface area contributed by atoms with Crippen LogP contribution in [0.1, 0.15) is 30.0 Å². The highest BCUT2D eigenvalue weighted by Crippen LogP contribution is 2.45. The quantitative estimate of drug-likeness (QED) is 0.585. The lowest BCUT2D eigenvalue weighted by atomic mass is 9.82. The minimum absolute atomic E-state index is 0.0737. The topological polar surface area (TPSA) is 52.9 Å². The van der Waals surface area contributed by atoms with E-state index < -0.39 is 5.72 Å². The van der Waals surface area contributed by atoms with Crippen molar-refractivity contribution in [2.75, 3.05) is 21.3 Å². The molecule has 2 aromatic carbocycles. The maximum absolute atomic E-state index is 12.2. The van der Waals surface area contributed by atoms with E-state index >= 15 is 0 Å². The summed E-state index contributed by atoms with van der Waals surface area (Å²) in [5.41, 5.74) is 2.24. The Morgan fingerprint density at radius 2 is 1.68 bits per heavy atom. The molecule has 1 radical (unpaired) electrons. The van der Waals surface area contributed by atoms with Crippen LogP contribution in [-0.2, 0) is 18.6 Å². The van der Waals surface area contributed by atoms with Crippen LogP contribution in [0.5, 0.6) is 17.2 Å². The Kier molecular flexibility index (Phi) is 5.96. The van der Waals surface area contributed by atoms with Crippen molar-refractivity contribution in [1.82, 2.24) is 4.57 Å². The van der Waals surface area contributed by atoms with Gasteiger partial charge in [-0.1, -0.05) is 31.2 Å². The number of benzene rings is 2. The molecule has 0 aliphatic heterocycles. The summed E-state index contributed by atoms with van der Waals surface area (Å²) in [5.74, 6) is 1.96. The van der Waals surface area contributed by atoms with Crippen molar-refractivity contribution in [3.8, 4) is 17.2 Å². The molecule has 0 unspecified atom stereocenters. The van der Waals surface area contributed by atoms with Crippen LogP contribution in [0.4, 0.5) is 0 Å². The highest BCUT2D eigenvalue weighted by atomic mass is 16.5. The molecule has 1 N–H and O–H groups in total. The van der Waals surface area contributed by atoms with Gasteiger partial charge < -0.3 is 23.9 Å². The third kappa shape index (κ3) is 3.79. The first kappa shape index (κ1) is 21.3. The Morgan fingerprint density at radius 1 is 1.06 bits per heavy atom. The van der Waals surface area contributed by atoms with E-state index in [4.69, 9.17) is 14.2 Å². The number of methoxy groups -OCH3 is 3. The molecule has 0 amide bonds. The molecule has 1 aliphatic rings. The van der Waals surface area contributed by atoms with Crippen molar-refractivity contribution in [2.24, 2.45) is 11.8 Å². The summed E-state index contributed by atoms with van der Waals surface area (Å²) in [6, 6.07) is 17.2. The molecule has 5 nitrogen and oxygen atoms in total. The fourth-order valence-corrected chi connectivity index (χ4v) is 4.96. The van der Waals surface area contributed by atoms with Gasteiger partial charge in [0, 0.05) is 29.9 Å². The van der Waals surface area contributed by atoms with Crippen molar-refractivity contribution < 1.29 is 19.3 Å². The van der Waals surface area contributed by atoms with E-state index in [1.54, 1.807) is 33.6 Å². The van der Waals surface area contributed by atoms with Gasteiger partial charge in [0.2, 0.25) is 5.75 Å². The second-order valence-electron chi connectivity index (χ2n) is 8.34. The molecule has 0 fully saturated rings. The maximum atomic E-state index is 12.2. The van der Waals surface area contributed by atoms with Gasteiger partial charge in [-0.15, -0.1) is 0 Å². The fraction of sp³-hybridized carbons (Fsp3) is 0.385. The lowest BCUT2D eigenvalue weighted by Crippen LogP contribution is -2.41. The van der Waals surface area contributed by atoms with Crippen LogP contribution in [0, 0.1) is 17.9 Å². The molecule has 1 aromatic heterocycles. The highest BCUT2D eigenvalue weighted by molar-refractivity contribution is 5.55. The van der Waals surface area contributed by atoms with Crippen LogP contribution in [0.25, 0.3) is 0 Å². The lowest BCUT2D eigenvalue weighted by molar-refractivity contribution is -0.0538. The van der Waals surface area contributed by atoms with E-state index in [9.17, 15) is 5.11 Å². The van der Waals surface area contributed by atoms with Gasteiger partial charge >= 0.3 is 0 Å². The average Bonchev–Trinajstić information content (AvgIpc) is 3.47. The molecular formula is C26H30NO4. The first-order valence-electron chi connectivity index (χ1n) is 10.6. The van der Waals surface area contributed by atoms with E-state index in [1.165, 1.54) is 11.1 Å². The summed E-state index contributed by atoms with van der Waals surface area (Å²) in [4.78, 5) is 0. The molecule has 4 rings (SSSR count). The van der Waals surface area contributed by atoms with Gasteiger partial charge in [0.1, 0.15) is 0 Å². The highest BCUT2D eigenvalue weighted by Gasteiger charge is 2.40. The molecule has 3 aromatic rings. The lowest BCUT2D eigenvalue weighted by Gasteiger charge is -2.38. The number of hydrogen-bond donors (Lipinski definition) is 1. The largest absolute Gasteiger partial charge is 0.493 e. The number of rotatable bonds is 8. The molecule has 5 heteroatoms. The van der Waals surface area contributed by atoms with E-state index in [0.717, 1.165) is 19.3 Å². The second kappa shape index (κ2) is 8.67. The van der Waals surface area contributed by atoms with E-state index in [-0.39, 0.29) is 5.92 Å². The van der Waals surface area contributed by atoms with Gasteiger partial charge in [0.15, 0.2) is 17.2 Å². The zero-order chi connectivity index (χ0) is 22.0. The number of aliphatic hydroxyl groups is 1. The summed E-state index contributed by atoms with van der Waals surface area (Å²) in [6.45, 7) is 2.10. The van der Waals surface area contributed by atoms with Gasteiger partial charge in [0.05, 0.1) is 21.3 Å². The minimum Gasteiger partial charge on any atom is -0.493 e. The molecular weight excluding hydrogens is 390 g/mol. The van der Waals surface area contributed by atoms with Crippen LogP contribution in [-0.4, -0.2) is 31.0 Å². The van der Waals surface area contributed by atoms with Crippen LogP contribution >= 0.6 is 0 Å². The Morgan fingerprint density at radius 3 is 2.16 bits per heavy atom. The molecule has 163 valence electrons. The molecule has 1 heterocycles. The zero-order valence-electron chi connectivity index (χ0n) is 18.6. The predicted octanol–water partition coefficient (Wildman–Crippen LogP) is 4.45. The van der Waals surface area contributed by atoms with Gasteiger partial charge in [-0.2, -0.15) is 0 Å². The van der Waals surface area contributed by atoms with Crippen LogP contribution in [0.3, 0.4) is 0 Å². The number of hydrogen-bond acceptors (Lipinski definition) is 4. The van der Waals surface area contributed by atoms with Crippen molar-refractivity contribution >= 4 is 0 Å². The van der Waals surface area contributed by atoms with Gasteiger partial charge in [-0.05, 0) is 54.5 Å². The average molecular weight is 421 g/mol. The molecule has 31 heavy (non-hydrogen) atoms. The number of ether oxygens (including phenoxy) is 3. The Labute approximate surface area is 184 Å². The van der Waals surface area contributed by atoms with Gasteiger partial charge in [-0.3, -0.25) is 0 Å². The Hall–Kier alpha value is -2.92. The van der Waals surface area contributed by atoms with Crippen molar-refractivity contribution in [3.05, 3.63) is 77.6 Å². The summed E-state index contributed by atoms with van der Waals surface area (Å²) in [7, 11) is 4.75. The van der Waals surface area contributed by atoms with E-state index in [1.807, 2.05) is 22.9 Å². The smallest absolute Gasteiger partial charge is 0.203 e. The normalized spacial score (nSPS) is 16.4. The Balaban J connectivity index is 1.71. The molecule has 0 bridgehead atoms. The Bertz CT molecular complexity index is 980. The summed E-state index contributed by atoms with van der Waals surface area (Å²) in [5, 5.41) is 12.2. The standard InChI is InChI=1S/C26H30NO4/c1-18(13-19-14-20-9-5-6-10-21(20)15-19)26(28,27-11-7-8-12-27)22-16-23(29-2)25(31-4)24(17-22)30-3/h5-7,9-12,16-19,28H,13-15H2,1-4H3/t18-,26+/m0/s1. The molecule has 2 atom stereocenters. The summed E-state index contributed by atoms with van der Waals surface area (Å²) >= 11 is 0. The zero-order valence-corrected chi connectivity index (χ0v) is 18.6. The number of nitrogens with zero attached hydrogens (tertiary/aromatic N) is 1. The minimum atomic E-state index is -1.29. The predicted molar refractivity (Wildman–Crippen MR) is 120 cm³/mol. The van der Waals surface area contributed by atoms with Crippen molar-refractivity contribution in [1.29, 1.82) is 0 Å². The van der Waals surface area contributed by atoms with Crippen LogP contribution in [0.15, 0.2) is 54.9 Å². The monoisotopic (exact) mass is 420 g/mol. The molecule has 1 aliphatic carbocycles. The second-order valence-corrected chi connectivity index (χ2v) is 8.34. The number of fused-ring (bicyclic) bond motifs is 1. The molecule has 0 spiro atoms. The third-order valence-corrected chi connectivity index (χ3v) is 6.54. The van der Waals surface area contributed by atoms with Crippen molar-refractivity contribution in [2.45, 2.75) is 31.9 Å². The van der Waals surface area contributed by atoms with Gasteiger partial charge in [-0.25, -0.2) is 0 Å². The van der Waals surface area contributed by atoms with Crippen molar-refractivity contribution in [3.63, 3.8) is 0 Å². The SMILES string of the molecule is COc1cc([C@](O)([C@@H](C)CC2Cc3ccccc3C2)n2c[c]cc2)cc(OC)c1OC. The summed E-state index contributed by atoms with van der Waals surface area (Å²) in [6.07, 6.45) is 6.60. The van der Waals surface area contributed by atoms with E-state index in [0.29, 0.717) is 28.7 Å². The molecule has 0 saturated carbocycles. The fourth-order valence-electron chi connectivity index (χ4n) is 4.96. The van der Waals surface area contributed by atoms with Crippen LogP contribution in [0.2, 0.25) is 0 Å². The van der Waals surface area contributed by atoms with Gasteiger partial charge in [0.25, 0.3) is 0 Å². The first-order valence-corrected chi connectivity index (χ1v) is 10.6. The third-order valence-electron chi connectivity index (χ3n) is 6.54. The molecule has 0 saturated heterocycles. The van der Waals surface area contributed by atoms with Crippen LogP contribution < -0.4 is 14.2 Å². The van der Waals surface area contributed by atoms with E-state index in [2.05, 4.69) is 37.3 Å². The maximum Gasteiger partial charge on any atom is 0.203 e. The summed E-state index contributed by atoms with van der Waals surface area (Å²) < 4.78 is 18.4.